The van der Waals surface area contributed by atoms with Crippen molar-refractivity contribution in [3.63, 3.8) is 0 Å². The van der Waals surface area contributed by atoms with Crippen LogP contribution in [0.15, 0.2) is 39.8 Å². The minimum atomic E-state index is -1.08. The number of rotatable bonds is 3. The summed E-state index contributed by atoms with van der Waals surface area (Å²) in [5.41, 5.74) is 1.21. The molecule has 1 N–H and O–H groups in total. The van der Waals surface area contributed by atoms with Crippen molar-refractivity contribution in [2.24, 2.45) is 0 Å². The molecule has 0 aliphatic rings. The van der Waals surface area contributed by atoms with E-state index in [4.69, 9.17) is 4.52 Å². The smallest absolute Gasteiger partial charge is 0.294 e. The van der Waals surface area contributed by atoms with Crippen LogP contribution >= 0.6 is 0 Å². The van der Waals surface area contributed by atoms with Crippen molar-refractivity contribution in [2.75, 3.05) is 11.6 Å². The van der Waals surface area contributed by atoms with E-state index in [-0.39, 0.29) is 11.7 Å². The number of nitrogens with one attached hydrogen (secondary N) is 1. The van der Waals surface area contributed by atoms with Gasteiger partial charge in [0.1, 0.15) is 0 Å². The topological polar surface area (TPSA) is 72.2 Å². The van der Waals surface area contributed by atoms with Gasteiger partial charge in [-0.3, -0.25) is 9.00 Å². The molecule has 1 heterocycles. The Hall–Kier alpha value is -1.95. The maximum Gasteiger partial charge on any atom is 0.294 e. The van der Waals surface area contributed by atoms with E-state index in [2.05, 4.69) is 10.5 Å². The highest BCUT2D eigenvalue weighted by atomic mass is 32.2. The Bertz CT molecular complexity index is 607. The maximum absolute atomic E-state index is 11.8. The normalized spacial score (nSPS) is 12.1. The second-order valence-corrected chi connectivity index (χ2v) is 5.15. The number of hydrogen-bond donors (Lipinski definition) is 1. The molecule has 2 aromatic rings. The number of aryl methyl sites for hydroxylation is 1. The van der Waals surface area contributed by atoms with Gasteiger partial charge in [-0.1, -0.05) is 11.2 Å². The molecule has 1 aromatic carbocycles. The fourth-order valence-electron chi connectivity index (χ4n) is 1.42. The third kappa shape index (κ3) is 2.84. The van der Waals surface area contributed by atoms with E-state index in [1.807, 2.05) is 0 Å². The van der Waals surface area contributed by atoms with E-state index in [0.717, 1.165) is 0 Å². The van der Waals surface area contributed by atoms with Gasteiger partial charge in [0, 0.05) is 33.7 Å². The van der Waals surface area contributed by atoms with Crippen LogP contribution in [0.1, 0.15) is 16.2 Å². The van der Waals surface area contributed by atoms with Crippen LogP contribution in [-0.4, -0.2) is 21.5 Å². The van der Waals surface area contributed by atoms with Gasteiger partial charge in [-0.05, 0) is 25.1 Å². The van der Waals surface area contributed by atoms with Crippen LogP contribution in [0.5, 0.6) is 0 Å². The summed E-state index contributed by atoms with van der Waals surface area (Å²) in [5, 5.41) is 6.30. The molecule has 0 saturated heterocycles. The summed E-state index contributed by atoms with van der Waals surface area (Å²) in [4.78, 5) is 12.4. The van der Waals surface area contributed by atoms with Gasteiger partial charge in [-0.25, -0.2) is 0 Å². The molecule has 5 nitrogen and oxygen atoms in total. The predicted octanol–water partition coefficient (Wildman–Crippen LogP) is 1.97. The van der Waals surface area contributed by atoms with E-state index < -0.39 is 10.8 Å². The van der Waals surface area contributed by atoms with Crippen LogP contribution in [0.3, 0.4) is 0 Å². The summed E-state index contributed by atoms with van der Waals surface area (Å²) in [6, 6.07) is 8.41. The Morgan fingerprint density at radius 1 is 1.39 bits per heavy atom. The summed E-state index contributed by atoms with van der Waals surface area (Å²) < 4.78 is 16.2. The Morgan fingerprint density at radius 3 is 2.78 bits per heavy atom. The molecule has 0 spiro atoms. The van der Waals surface area contributed by atoms with Crippen molar-refractivity contribution in [1.82, 2.24) is 5.16 Å². The molecule has 6 heteroatoms. The third-order valence-corrected chi connectivity index (χ3v) is 3.19. The number of aromatic nitrogens is 1. The van der Waals surface area contributed by atoms with E-state index in [9.17, 15) is 9.00 Å². The molecule has 94 valence electrons. The Kier molecular flexibility index (Phi) is 3.57. The van der Waals surface area contributed by atoms with Crippen LogP contribution in [0.25, 0.3) is 0 Å². The maximum atomic E-state index is 11.8. The lowest BCUT2D eigenvalue weighted by molar-refractivity contribution is 0.0988. The lowest BCUT2D eigenvalue weighted by Crippen LogP contribution is -2.11. The zero-order valence-corrected chi connectivity index (χ0v) is 10.8. The Balaban J connectivity index is 2.16. The standard InChI is InChI=1S/C12H12N2O3S/c1-8-6-11(17-14-8)12(15)13-9-4-3-5-10(7-9)18(2)16/h3-7H,1-2H3,(H,13,15)/t18-/m0/s1. The summed E-state index contributed by atoms with van der Waals surface area (Å²) >= 11 is 0. The molecule has 1 aromatic heterocycles. The molecule has 0 bridgehead atoms. The van der Waals surface area contributed by atoms with Crippen LogP contribution in [0.4, 0.5) is 5.69 Å². The number of hydrogen-bond acceptors (Lipinski definition) is 4. The predicted molar refractivity (Wildman–Crippen MR) is 68.0 cm³/mol. The Labute approximate surface area is 107 Å². The Morgan fingerprint density at radius 2 is 2.17 bits per heavy atom. The first-order valence-corrected chi connectivity index (χ1v) is 6.80. The first kappa shape index (κ1) is 12.5. The highest BCUT2D eigenvalue weighted by Gasteiger charge is 2.12. The van der Waals surface area contributed by atoms with E-state index in [1.165, 1.54) is 0 Å². The first-order chi connectivity index (χ1) is 8.56. The lowest BCUT2D eigenvalue weighted by atomic mass is 10.3. The average molecular weight is 264 g/mol. The van der Waals surface area contributed by atoms with Crippen molar-refractivity contribution in [3.8, 4) is 0 Å². The van der Waals surface area contributed by atoms with Gasteiger partial charge < -0.3 is 9.84 Å². The largest absolute Gasteiger partial charge is 0.351 e. The minimum Gasteiger partial charge on any atom is -0.351 e. The van der Waals surface area contributed by atoms with Gasteiger partial charge >= 0.3 is 0 Å². The summed E-state index contributed by atoms with van der Waals surface area (Å²) in [5.74, 6) is -0.231. The highest BCUT2D eigenvalue weighted by molar-refractivity contribution is 7.84. The molecular formula is C12H12N2O3S. The SMILES string of the molecule is Cc1cc(C(=O)Nc2cccc([S@](C)=O)c2)on1. The lowest BCUT2D eigenvalue weighted by Gasteiger charge is -2.04. The zero-order chi connectivity index (χ0) is 13.1. The molecule has 0 saturated carbocycles. The fourth-order valence-corrected chi connectivity index (χ4v) is 1.98. The summed E-state index contributed by atoms with van der Waals surface area (Å²) in [6.07, 6.45) is 1.58. The van der Waals surface area contributed by atoms with E-state index >= 15 is 0 Å². The van der Waals surface area contributed by atoms with Gasteiger partial charge in [0.05, 0.1) is 5.69 Å². The fraction of sp³-hybridized carbons (Fsp3) is 0.167. The van der Waals surface area contributed by atoms with Crippen molar-refractivity contribution in [3.05, 3.63) is 41.8 Å². The van der Waals surface area contributed by atoms with Gasteiger partial charge in [-0.2, -0.15) is 0 Å². The van der Waals surface area contributed by atoms with Crippen molar-refractivity contribution in [1.29, 1.82) is 0 Å². The van der Waals surface area contributed by atoms with Crippen LogP contribution < -0.4 is 5.32 Å². The summed E-state index contributed by atoms with van der Waals surface area (Å²) in [6.45, 7) is 1.74. The molecule has 0 fully saturated rings. The van der Waals surface area contributed by atoms with E-state index in [0.29, 0.717) is 16.3 Å². The van der Waals surface area contributed by atoms with Crippen LogP contribution in [-0.2, 0) is 10.8 Å². The number of benzene rings is 1. The molecule has 0 aliphatic heterocycles. The molecular weight excluding hydrogens is 252 g/mol. The second kappa shape index (κ2) is 5.14. The van der Waals surface area contributed by atoms with Gasteiger partial charge in [-0.15, -0.1) is 0 Å². The van der Waals surface area contributed by atoms with Crippen molar-refractivity contribution in [2.45, 2.75) is 11.8 Å². The number of carbonyl (C=O) groups excluding carboxylic acids is 1. The molecule has 18 heavy (non-hydrogen) atoms. The second-order valence-electron chi connectivity index (χ2n) is 3.77. The number of anilines is 1. The number of nitrogens with zero attached hydrogens (tertiary/aromatic N) is 1. The highest BCUT2D eigenvalue weighted by Crippen LogP contribution is 2.14. The van der Waals surface area contributed by atoms with E-state index in [1.54, 1.807) is 43.5 Å². The van der Waals surface area contributed by atoms with Gasteiger partial charge in [0.15, 0.2) is 0 Å². The van der Waals surface area contributed by atoms with Crippen LogP contribution in [0, 0.1) is 6.92 Å². The van der Waals surface area contributed by atoms with Crippen molar-refractivity contribution < 1.29 is 13.5 Å². The average Bonchev–Trinajstić information content (AvgIpc) is 2.76. The molecule has 1 amide bonds. The van der Waals surface area contributed by atoms with Crippen LogP contribution in [0.2, 0.25) is 0 Å². The molecule has 0 aliphatic carbocycles. The summed E-state index contributed by atoms with van der Waals surface area (Å²) in [7, 11) is -1.08. The minimum absolute atomic E-state index is 0.149. The number of carbonyl (C=O) groups is 1. The van der Waals surface area contributed by atoms with Crippen molar-refractivity contribution >= 4 is 22.4 Å². The quantitative estimate of drug-likeness (QED) is 0.920. The molecule has 0 radical (unpaired) electrons. The molecule has 2 rings (SSSR count). The molecule has 1 atom stereocenters. The molecule has 0 unspecified atom stereocenters. The zero-order valence-electron chi connectivity index (χ0n) is 9.97. The van der Waals surface area contributed by atoms with Gasteiger partial charge in [0.25, 0.3) is 5.91 Å². The first-order valence-electron chi connectivity index (χ1n) is 5.24. The van der Waals surface area contributed by atoms with Gasteiger partial charge in [0.2, 0.25) is 5.76 Å². The monoisotopic (exact) mass is 264 g/mol. The third-order valence-electron chi connectivity index (χ3n) is 2.28. The number of amides is 1.